The average molecular weight is 531 g/mol. The van der Waals surface area contributed by atoms with E-state index in [1.54, 1.807) is 0 Å². The van der Waals surface area contributed by atoms with Gasteiger partial charge in [0.15, 0.2) is 9.84 Å². The summed E-state index contributed by atoms with van der Waals surface area (Å²) in [5.74, 6) is 0.806. The lowest BCUT2D eigenvalue weighted by atomic mass is 9.58. The van der Waals surface area contributed by atoms with Crippen LogP contribution in [0.1, 0.15) is 36.8 Å². The van der Waals surface area contributed by atoms with Crippen LogP contribution < -0.4 is 10.1 Å². The molecule has 3 fully saturated rings. The number of halogens is 1. The Bertz CT molecular complexity index is 1290. The monoisotopic (exact) mass is 530 g/mol. The minimum absolute atomic E-state index is 0.0405. The van der Waals surface area contributed by atoms with Crippen LogP contribution in [-0.2, 0) is 29.5 Å². The zero-order valence-electron chi connectivity index (χ0n) is 20.4. The molecule has 192 valence electrons. The van der Waals surface area contributed by atoms with Crippen molar-refractivity contribution in [3.05, 3.63) is 58.6 Å². The van der Waals surface area contributed by atoms with E-state index >= 15 is 0 Å². The van der Waals surface area contributed by atoms with E-state index in [1.807, 2.05) is 42.5 Å². The molecule has 2 aromatic carbocycles. The number of sulfone groups is 1. The third-order valence-corrected chi connectivity index (χ3v) is 11.0. The molecule has 1 N–H and O–H groups in total. The number of piperidine rings is 1. The lowest BCUT2D eigenvalue weighted by molar-refractivity contribution is -0.172. The largest absolute Gasteiger partial charge is 0.492 e. The van der Waals surface area contributed by atoms with Crippen molar-refractivity contribution in [3.63, 3.8) is 0 Å². The summed E-state index contributed by atoms with van der Waals surface area (Å²) in [6.07, 6.45) is 4.10. The van der Waals surface area contributed by atoms with Crippen molar-refractivity contribution < 1.29 is 22.7 Å². The van der Waals surface area contributed by atoms with Crippen LogP contribution in [0.5, 0.6) is 5.75 Å². The molecule has 0 bridgehead atoms. The second kappa shape index (κ2) is 8.45. The van der Waals surface area contributed by atoms with E-state index in [0.29, 0.717) is 37.7 Å². The maximum Gasteiger partial charge on any atom is 0.235 e. The number of carbonyl (C=O) groups excluding carboxylic acids is 1. The van der Waals surface area contributed by atoms with Gasteiger partial charge in [0.2, 0.25) is 5.91 Å². The molecule has 0 unspecified atom stereocenters. The summed E-state index contributed by atoms with van der Waals surface area (Å²) in [4.78, 5) is 15.1. The maximum atomic E-state index is 12.8. The van der Waals surface area contributed by atoms with Gasteiger partial charge in [-0.1, -0.05) is 23.7 Å². The molecule has 1 saturated carbocycles. The molecule has 0 radical (unpaired) electrons. The molecule has 3 aliphatic heterocycles. The summed E-state index contributed by atoms with van der Waals surface area (Å²) in [5, 5.41) is 3.68. The van der Waals surface area contributed by atoms with Gasteiger partial charge in [0.1, 0.15) is 12.4 Å². The van der Waals surface area contributed by atoms with Crippen molar-refractivity contribution in [2.24, 2.45) is 5.41 Å². The van der Waals surface area contributed by atoms with E-state index in [9.17, 15) is 13.2 Å². The quantitative estimate of drug-likeness (QED) is 0.612. The van der Waals surface area contributed by atoms with Crippen molar-refractivity contribution in [2.75, 3.05) is 51.0 Å². The number of nitrogens with zero attached hydrogens (tertiary/aromatic N) is 1. The average Bonchev–Trinajstić information content (AvgIpc) is 3.04. The third kappa shape index (κ3) is 3.76. The predicted molar refractivity (Wildman–Crippen MR) is 138 cm³/mol. The molecule has 1 aliphatic carbocycles. The number of anilines is 1. The Morgan fingerprint density at radius 1 is 1.08 bits per heavy atom. The summed E-state index contributed by atoms with van der Waals surface area (Å²) >= 11 is 6.22. The third-order valence-electron chi connectivity index (χ3n) is 8.79. The second-order valence-corrected chi connectivity index (χ2v) is 13.8. The van der Waals surface area contributed by atoms with Crippen LogP contribution in [0.15, 0.2) is 42.5 Å². The molecule has 7 nitrogen and oxygen atoms in total. The van der Waals surface area contributed by atoms with Crippen molar-refractivity contribution in [2.45, 2.75) is 35.8 Å². The zero-order chi connectivity index (χ0) is 25.2. The minimum Gasteiger partial charge on any atom is -0.492 e. The van der Waals surface area contributed by atoms with Gasteiger partial charge < -0.3 is 14.8 Å². The second-order valence-electron chi connectivity index (χ2n) is 11.1. The molecule has 0 atom stereocenters. The first-order chi connectivity index (χ1) is 17.1. The molecular weight excluding hydrogens is 500 g/mol. The topological polar surface area (TPSA) is 84.9 Å². The molecule has 4 aliphatic rings. The number of hydrogen-bond donors (Lipinski definition) is 1. The number of likely N-dealkylation sites (tertiary alicyclic amines) is 1. The Morgan fingerprint density at radius 2 is 1.78 bits per heavy atom. The molecule has 2 spiro atoms. The zero-order valence-corrected chi connectivity index (χ0v) is 22.0. The maximum absolute atomic E-state index is 12.8. The van der Waals surface area contributed by atoms with Crippen molar-refractivity contribution >= 4 is 33.0 Å². The fourth-order valence-electron chi connectivity index (χ4n) is 6.62. The van der Waals surface area contributed by atoms with E-state index in [4.69, 9.17) is 21.1 Å². The molecule has 6 rings (SSSR count). The first kappa shape index (κ1) is 24.2. The van der Waals surface area contributed by atoms with E-state index in [0.717, 1.165) is 55.0 Å². The number of fused-ring (bicyclic) bond motifs is 2. The smallest absolute Gasteiger partial charge is 0.235 e. The van der Waals surface area contributed by atoms with Gasteiger partial charge in [-0.3, -0.25) is 9.69 Å². The van der Waals surface area contributed by atoms with Gasteiger partial charge >= 0.3 is 0 Å². The van der Waals surface area contributed by atoms with Crippen LogP contribution in [-0.4, -0.2) is 64.9 Å². The standard InChI is InChI=1S/C27H31ClN2O5S/c1-36(32,33)27(15-25(16-27)17-34-18-25)19-2-5-21(6-3-19)35-13-12-30-10-8-26(9-11-30)22-14-20(28)4-7-23(22)29-24(26)31/h2-7,14H,8-13,15-18H2,1H3,(H,29,31). The molecular formula is C27H31ClN2O5S. The summed E-state index contributed by atoms with van der Waals surface area (Å²) in [7, 11) is -3.25. The number of nitrogens with one attached hydrogen (secondary N) is 1. The van der Waals surface area contributed by atoms with Gasteiger partial charge in [0.05, 0.1) is 23.4 Å². The lowest BCUT2D eigenvalue weighted by Crippen LogP contribution is -2.62. The van der Waals surface area contributed by atoms with E-state index in [1.165, 1.54) is 6.26 Å². The molecule has 3 heterocycles. The highest BCUT2D eigenvalue weighted by Crippen LogP contribution is 2.61. The number of amides is 1. The van der Waals surface area contributed by atoms with Gasteiger partial charge in [-0.15, -0.1) is 0 Å². The van der Waals surface area contributed by atoms with E-state index in [2.05, 4.69) is 10.2 Å². The molecule has 1 amide bonds. The highest BCUT2D eigenvalue weighted by atomic mass is 35.5. The molecule has 9 heteroatoms. The Morgan fingerprint density at radius 3 is 2.39 bits per heavy atom. The Kier molecular flexibility index (Phi) is 5.68. The number of ether oxygens (including phenoxy) is 2. The molecule has 2 saturated heterocycles. The van der Waals surface area contributed by atoms with E-state index in [-0.39, 0.29) is 11.3 Å². The summed E-state index contributed by atoms with van der Waals surface area (Å²) < 4.78 is 35.9. The van der Waals surface area contributed by atoms with Crippen LogP contribution in [0.2, 0.25) is 5.02 Å². The predicted octanol–water partition coefficient (Wildman–Crippen LogP) is 3.76. The summed E-state index contributed by atoms with van der Waals surface area (Å²) in [6.45, 7) is 4.23. The first-order valence-electron chi connectivity index (χ1n) is 12.5. The van der Waals surface area contributed by atoms with Gasteiger partial charge in [-0.05, 0) is 80.2 Å². The molecule has 0 aromatic heterocycles. The van der Waals surface area contributed by atoms with Crippen molar-refractivity contribution in [3.8, 4) is 5.75 Å². The summed E-state index contributed by atoms with van der Waals surface area (Å²) in [5.41, 5.74) is 2.28. The highest BCUT2D eigenvalue weighted by molar-refractivity contribution is 7.91. The van der Waals surface area contributed by atoms with Gasteiger partial charge in [-0.25, -0.2) is 8.42 Å². The van der Waals surface area contributed by atoms with Crippen molar-refractivity contribution in [1.82, 2.24) is 4.90 Å². The Labute approximate surface area is 217 Å². The Balaban J connectivity index is 1.04. The van der Waals surface area contributed by atoms with Gasteiger partial charge in [0, 0.05) is 28.9 Å². The van der Waals surface area contributed by atoms with Crippen LogP contribution in [0.25, 0.3) is 0 Å². The van der Waals surface area contributed by atoms with Crippen LogP contribution >= 0.6 is 11.6 Å². The number of rotatable bonds is 6. The SMILES string of the molecule is CS(=O)(=O)C1(c2ccc(OCCN3CCC4(CC3)C(=O)Nc3ccc(Cl)cc34)cc2)CC2(COC2)C1. The molecule has 36 heavy (non-hydrogen) atoms. The van der Waals surface area contributed by atoms with Gasteiger partial charge in [0.25, 0.3) is 0 Å². The number of carbonyl (C=O) groups is 1. The van der Waals surface area contributed by atoms with Crippen LogP contribution in [0.4, 0.5) is 5.69 Å². The highest BCUT2D eigenvalue weighted by Gasteiger charge is 2.63. The minimum atomic E-state index is -3.25. The van der Waals surface area contributed by atoms with Crippen LogP contribution in [0, 0.1) is 5.41 Å². The first-order valence-corrected chi connectivity index (χ1v) is 14.8. The van der Waals surface area contributed by atoms with Crippen LogP contribution in [0.3, 0.4) is 0 Å². The Hall–Kier alpha value is -2.13. The fraction of sp³-hybridized carbons (Fsp3) is 0.519. The normalized spacial score (nSPS) is 23.6. The fourth-order valence-corrected chi connectivity index (χ4v) is 8.50. The number of hydrogen-bond acceptors (Lipinski definition) is 6. The molecule has 2 aromatic rings. The number of benzene rings is 2. The lowest BCUT2D eigenvalue weighted by Gasteiger charge is -2.59. The summed E-state index contributed by atoms with van der Waals surface area (Å²) in [6, 6.07) is 13.2. The van der Waals surface area contributed by atoms with Crippen molar-refractivity contribution in [1.29, 1.82) is 0 Å². The van der Waals surface area contributed by atoms with Gasteiger partial charge in [-0.2, -0.15) is 0 Å². The van der Waals surface area contributed by atoms with E-state index < -0.39 is 20.0 Å².